The van der Waals surface area contributed by atoms with Crippen molar-refractivity contribution in [3.8, 4) is 0 Å². The molecular formula is C31H39N3O4. The summed E-state index contributed by atoms with van der Waals surface area (Å²) >= 11 is 0. The SMILES string of the molecule is CC(=O)N1CCCCCCCN(C(=O)c2cc3ccc(C)cc3o2)Cc2ccc(CN3CCOCC3)cc21. The molecule has 0 spiro atoms. The molecule has 7 nitrogen and oxygen atoms in total. The molecule has 2 aliphatic rings. The van der Waals surface area contributed by atoms with Crippen molar-refractivity contribution in [3.63, 3.8) is 0 Å². The smallest absolute Gasteiger partial charge is 0.289 e. The molecule has 2 amide bonds. The molecule has 202 valence electrons. The van der Waals surface area contributed by atoms with E-state index < -0.39 is 0 Å². The van der Waals surface area contributed by atoms with E-state index >= 15 is 0 Å². The van der Waals surface area contributed by atoms with Gasteiger partial charge in [0.15, 0.2) is 5.76 Å². The lowest BCUT2D eigenvalue weighted by Crippen LogP contribution is -2.36. The number of carbonyl (C=O) groups is 2. The van der Waals surface area contributed by atoms with Crippen molar-refractivity contribution >= 4 is 28.5 Å². The molecule has 0 unspecified atom stereocenters. The van der Waals surface area contributed by atoms with Crippen molar-refractivity contribution in [1.29, 1.82) is 0 Å². The average molecular weight is 518 g/mol. The van der Waals surface area contributed by atoms with Gasteiger partial charge in [-0.05, 0) is 54.7 Å². The first kappa shape index (κ1) is 26.4. The Labute approximate surface area is 225 Å². The summed E-state index contributed by atoms with van der Waals surface area (Å²) in [5.74, 6) is 0.303. The van der Waals surface area contributed by atoms with Crippen molar-refractivity contribution in [1.82, 2.24) is 9.80 Å². The van der Waals surface area contributed by atoms with Crippen molar-refractivity contribution in [3.05, 3.63) is 64.9 Å². The van der Waals surface area contributed by atoms with Gasteiger partial charge in [0.1, 0.15) is 5.58 Å². The highest BCUT2D eigenvalue weighted by Gasteiger charge is 2.24. The zero-order valence-electron chi connectivity index (χ0n) is 22.7. The second-order valence-electron chi connectivity index (χ2n) is 10.7. The number of nitrogens with zero attached hydrogens (tertiary/aromatic N) is 3. The Kier molecular flexibility index (Phi) is 8.45. The van der Waals surface area contributed by atoms with E-state index in [0.717, 1.165) is 92.7 Å². The van der Waals surface area contributed by atoms with Gasteiger partial charge in [0.05, 0.1) is 13.2 Å². The molecule has 0 atom stereocenters. The normalized spacial score (nSPS) is 18.1. The summed E-state index contributed by atoms with van der Waals surface area (Å²) in [6.45, 7) is 9.60. The predicted octanol–water partition coefficient (Wildman–Crippen LogP) is 5.53. The van der Waals surface area contributed by atoms with E-state index in [9.17, 15) is 9.59 Å². The van der Waals surface area contributed by atoms with Gasteiger partial charge in [0, 0.05) is 57.3 Å². The number of morpholine rings is 1. The molecule has 0 bridgehead atoms. The summed E-state index contributed by atoms with van der Waals surface area (Å²) in [4.78, 5) is 32.8. The van der Waals surface area contributed by atoms with E-state index in [1.165, 1.54) is 5.56 Å². The third-order valence-electron chi connectivity index (χ3n) is 7.68. The fraction of sp³-hybridized carbons (Fsp3) is 0.484. The molecule has 3 aromatic rings. The van der Waals surface area contributed by atoms with Crippen LogP contribution in [0.5, 0.6) is 0 Å². The Bertz CT molecular complexity index is 1280. The van der Waals surface area contributed by atoms with Crippen LogP contribution in [0.25, 0.3) is 11.0 Å². The van der Waals surface area contributed by atoms with Crippen molar-refractivity contribution in [2.24, 2.45) is 0 Å². The molecule has 3 heterocycles. The minimum absolute atomic E-state index is 0.0392. The summed E-state index contributed by atoms with van der Waals surface area (Å²) < 4.78 is 11.5. The number of amides is 2. The molecular weight excluding hydrogens is 478 g/mol. The highest BCUT2D eigenvalue weighted by atomic mass is 16.5. The molecule has 5 rings (SSSR count). The van der Waals surface area contributed by atoms with Gasteiger partial charge in [-0.25, -0.2) is 0 Å². The minimum atomic E-state index is -0.103. The van der Waals surface area contributed by atoms with Crippen LogP contribution in [0.1, 0.15) is 66.3 Å². The molecule has 1 aromatic heterocycles. The summed E-state index contributed by atoms with van der Waals surface area (Å²) in [7, 11) is 0. The van der Waals surface area contributed by atoms with Crippen LogP contribution < -0.4 is 4.90 Å². The summed E-state index contributed by atoms with van der Waals surface area (Å²) in [5.41, 5.74) is 4.92. The fourth-order valence-corrected chi connectivity index (χ4v) is 5.52. The first-order chi connectivity index (χ1) is 18.5. The fourth-order valence-electron chi connectivity index (χ4n) is 5.52. The molecule has 38 heavy (non-hydrogen) atoms. The summed E-state index contributed by atoms with van der Waals surface area (Å²) in [6.07, 6.45) is 5.17. The number of anilines is 1. The average Bonchev–Trinajstić information content (AvgIpc) is 3.33. The number of furan rings is 1. The highest BCUT2D eigenvalue weighted by Crippen LogP contribution is 2.29. The first-order valence-electron chi connectivity index (χ1n) is 14.0. The number of hydrogen-bond donors (Lipinski definition) is 0. The van der Waals surface area contributed by atoms with Gasteiger partial charge in [-0.2, -0.15) is 0 Å². The monoisotopic (exact) mass is 517 g/mol. The predicted molar refractivity (Wildman–Crippen MR) is 149 cm³/mol. The quantitative estimate of drug-likeness (QED) is 0.457. The highest BCUT2D eigenvalue weighted by molar-refractivity contribution is 5.96. The van der Waals surface area contributed by atoms with Gasteiger partial charge in [0.25, 0.3) is 5.91 Å². The van der Waals surface area contributed by atoms with Crippen LogP contribution >= 0.6 is 0 Å². The Hall–Kier alpha value is -3.16. The van der Waals surface area contributed by atoms with Crippen molar-refractivity contribution in [2.75, 3.05) is 44.3 Å². The minimum Gasteiger partial charge on any atom is -0.451 e. The van der Waals surface area contributed by atoms with E-state index in [4.69, 9.17) is 9.15 Å². The lowest BCUT2D eigenvalue weighted by atomic mass is 10.0. The topological polar surface area (TPSA) is 66.2 Å². The van der Waals surface area contributed by atoms with E-state index in [-0.39, 0.29) is 11.8 Å². The molecule has 1 saturated heterocycles. The molecule has 7 heteroatoms. The molecule has 2 aromatic carbocycles. The second kappa shape index (κ2) is 12.1. The zero-order valence-corrected chi connectivity index (χ0v) is 22.7. The van der Waals surface area contributed by atoms with Crippen LogP contribution in [0.2, 0.25) is 0 Å². The first-order valence-corrected chi connectivity index (χ1v) is 14.0. The lowest BCUT2D eigenvalue weighted by molar-refractivity contribution is -0.116. The Balaban J connectivity index is 1.47. The molecule has 0 radical (unpaired) electrons. The molecule has 0 aliphatic carbocycles. The largest absolute Gasteiger partial charge is 0.451 e. The van der Waals surface area contributed by atoms with Crippen LogP contribution in [-0.2, 0) is 22.6 Å². The second-order valence-corrected chi connectivity index (χ2v) is 10.7. The number of aryl methyl sites for hydroxylation is 1. The Morgan fingerprint density at radius 3 is 2.42 bits per heavy atom. The van der Waals surface area contributed by atoms with Crippen LogP contribution in [0.15, 0.2) is 46.9 Å². The van der Waals surface area contributed by atoms with Gasteiger partial charge in [-0.15, -0.1) is 0 Å². The molecule has 0 saturated carbocycles. The van der Waals surface area contributed by atoms with Gasteiger partial charge >= 0.3 is 0 Å². The number of rotatable bonds is 3. The maximum absolute atomic E-state index is 13.8. The van der Waals surface area contributed by atoms with E-state index in [0.29, 0.717) is 25.4 Å². The third-order valence-corrected chi connectivity index (χ3v) is 7.68. The number of carbonyl (C=O) groups excluding carboxylic acids is 2. The van der Waals surface area contributed by atoms with Crippen LogP contribution in [0.3, 0.4) is 0 Å². The van der Waals surface area contributed by atoms with Crippen molar-refractivity contribution < 1.29 is 18.7 Å². The van der Waals surface area contributed by atoms with Crippen LogP contribution in [0, 0.1) is 6.92 Å². The standard InChI is InChI=1S/C31H39N3O4/c1-23-8-10-26-20-30(38-29(26)18-23)31(36)33-12-6-4-3-5-7-13-34(24(2)35)28-19-25(9-11-27(28)22-33)21-32-14-16-37-17-15-32/h8-11,18-20H,3-7,12-17,21-22H2,1-2H3. The maximum atomic E-state index is 13.8. The number of ether oxygens (including phenoxy) is 1. The Morgan fingerprint density at radius 1 is 0.868 bits per heavy atom. The maximum Gasteiger partial charge on any atom is 0.289 e. The van der Waals surface area contributed by atoms with E-state index in [2.05, 4.69) is 23.1 Å². The summed E-state index contributed by atoms with van der Waals surface area (Å²) in [6, 6.07) is 14.3. The summed E-state index contributed by atoms with van der Waals surface area (Å²) in [5, 5.41) is 0.934. The van der Waals surface area contributed by atoms with Gasteiger partial charge in [-0.3, -0.25) is 14.5 Å². The number of benzene rings is 2. The van der Waals surface area contributed by atoms with E-state index in [1.807, 2.05) is 41.0 Å². The van der Waals surface area contributed by atoms with E-state index in [1.54, 1.807) is 6.92 Å². The molecule has 0 N–H and O–H groups in total. The number of fused-ring (bicyclic) bond motifs is 2. The van der Waals surface area contributed by atoms with Crippen molar-refractivity contribution in [2.45, 2.75) is 59.0 Å². The third kappa shape index (κ3) is 6.27. The van der Waals surface area contributed by atoms with Crippen LogP contribution in [0.4, 0.5) is 5.69 Å². The lowest BCUT2D eigenvalue weighted by Gasteiger charge is -2.30. The number of hydrogen-bond acceptors (Lipinski definition) is 5. The van der Waals surface area contributed by atoms with Gasteiger partial charge in [0.2, 0.25) is 5.91 Å². The Morgan fingerprint density at radius 2 is 1.63 bits per heavy atom. The zero-order chi connectivity index (χ0) is 26.5. The molecule has 1 fully saturated rings. The van der Waals surface area contributed by atoms with Crippen LogP contribution in [-0.4, -0.2) is 61.0 Å². The molecule has 2 aliphatic heterocycles. The van der Waals surface area contributed by atoms with Gasteiger partial charge in [-0.1, -0.05) is 43.5 Å². The van der Waals surface area contributed by atoms with Gasteiger partial charge < -0.3 is 19.0 Å².